The molecule has 168 valence electrons. The van der Waals surface area contributed by atoms with Crippen molar-refractivity contribution < 1.29 is 18.8 Å². The summed E-state index contributed by atoms with van der Waals surface area (Å²) in [5.74, 6) is -1.69. The number of benzene rings is 3. The zero-order chi connectivity index (χ0) is 23.8. The number of aromatic nitrogens is 1. The van der Waals surface area contributed by atoms with E-state index in [4.69, 9.17) is 0 Å². The summed E-state index contributed by atoms with van der Waals surface area (Å²) in [6.07, 6.45) is 3.39. The highest BCUT2D eigenvalue weighted by molar-refractivity contribution is 6.39. The van der Waals surface area contributed by atoms with Crippen LogP contribution in [0.3, 0.4) is 0 Å². The van der Waals surface area contributed by atoms with E-state index in [0.717, 1.165) is 26.9 Å². The Labute approximate surface area is 194 Å². The van der Waals surface area contributed by atoms with Crippen molar-refractivity contribution in [3.8, 4) is 0 Å². The highest BCUT2D eigenvalue weighted by atomic mass is 19.1. The zero-order valence-electron chi connectivity index (χ0n) is 18.3. The molecule has 6 nitrogen and oxygen atoms in total. The lowest BCUT2D eigenvalue weighted by Gasteiger charge is -2.26. The van der Waals surface area contributed by atoms with Crippen LogP contribution in [0.25, 0.3) is 17.0 Å². The number of hydrogen-bond acceptors (Lipinski definition) is 3. The van der Waals surface area contributed by atoms with Crippen molar-refractivity contribution in [2.24, 2.45) is 0 Å². The van der Waals surface area contributed by atoms with Gasteiger partial charge in [0.1, 0.15) is 11.4 Å². The van der Waals surface area contributed by atoms with Gasteiger partial charge in [-0.1, -0.05) is 30.3 Å². The number of hydrogen-bond donors (Lipinski definition) is 1. The second-order valence-electron chi connectivity index (χ2n) is 8.19. The number of halogens is 1. The quantitative estimate of drug-likeness (QED) is 0.356. The normalized spacial score (nSPS) is 15.3. The van der Waals surface area contributed by atoms with E-state index in [-0.39, 0.29) is 11.4 Å². The Hall–Kier alpha value is -4.52. The summed E-state index contributed by atoms with van der Waals surface area (Å²) in [5.41, 5.74) is 3.57. The van der Waals surface area contributed by atoms with Crippen LogP contribution in [0.1, 0.15) is 16.7 Å². The molecule has 3 aromatic carbocycles. The van der Waals surface area contributed by atoms with Gasteiger partial charge in [-0.3, -0.25) is 14.9 Å². The zero-order valence-corrected chi connectivity index (χ0v) is 18.3. The van der Waals surface area contributed by atoms with Crippen LogP contribution in [0.15, 0.2) is 84.6 Å². The average molecular weight is 453 g/mol. The van der Waals surface area contributed by atoms with Gasteiger partial charge in [0.05, 0.1) is 5.69 Å². The Morgan fingerprint density at radius 1 is 0.941 bits per heavy atom. The summed E-state index contributed by atoms with van der Waals surface area (Å²) in [6.45, 7) is 2.36. The maximum Gasteiger partial charge on any atom is 0.335 e. The number of amides is 4. The predicted molar refractivity (Wildman–Crippen MR) is 128 cm³/mol. The number of anilines is 1. The lowest BCUT2D eigenvalue weighted by Crippen LogP contribution is -2.54. The van der Waals surface area contributed by atoms with E-state index in [1.165, 1.54) is 18.2 Å². The van der Waals surface area contributed by atoms with Gasteiger partial charge in [0, 0.05) is 23.6 Å². The molecule has 1 aromatic heterocycles. The van der Waals surface area contributed by atoms with Crippen LogP contribution in [0.2, 0.25) is 0 Å². The lowest BCUT2D eigenvalue weighted by molar-refractivity contribution is -0.122. The molecule has 0 atom stereocenters. The smallest absolute Gasteiger partial charge is 0.335 e. The summed E-state index contributed by atoms with van der Waals surface area (Å²) in [5, 5.41) is 3.15. The van der Waals surface area contributed by atoms with Gasteiger partial charge in [0.2, 0.25) is 0 Å². The fraction of sp³-hybridized carbons (Fsp3) is 0.0741. The van der Waals surface area contributed by atoms with Crippen LogP contribution in [0.5, 0.6) is 0 Å². The van der Waals surface area contributed by atoms with Gasteiger partial charge in [0.25, 0.3) is 11.8 Å². The second-order valence-corrected chi connectivity index (χ2v) is 8.19. The molecule has 0 spiro atoms. The van der Waals surface area contributed by atoms with Gasteiger partial charge in [-0.25, -0.2) is 14.1 Å². The van der Waals surface area contributed by atoms with Crippen molar-refractivity contribution in [2.45, 2.75) is 13.5 Å². The van der Waals surface area contributed by atoms with Crippen molar-refractivity contribution in [1.29, 1.82) is 0 Å². The number of rotatable bonds is 4. The number of aryl methyl sites for hydroxylation is 1. The molecule has 5 rings (SSSR count). The van der Waals surface area contributed by atoms with Crippen LogP contribution in [0, 0.1) is 12.7 Å². The topological polar surface area (TPSA) is 71.4 Å². The molecule has 1 saturated heterocycles. The highest BCUT2D eigenvalue weighted by Crippen LogP contribution is 2.25. The van der Waals surface area contributed by atoms with E-state index < -0.39 is 17.8 Å². The molecule has 7 heteroatoms. The molecule has 0 radical (unpaired) electrons. The molecule has 0 unspecified atom stereocenters. The SMILES string of the molecule is Cc1cccc(N2C(=O)NC(=O)/C(=C/c3ccc4c(ccn4Cc4cccc(F)c4)c3)C2=O)c1. The fourth-order valence-electron chi connectivity index (χ4n) is 4.10. The molecule has 1 fully saturated rings. The molecular weight excluding hydrogens is 433 g/mol. The molecule has 4 aromatic rings. The number of nitrogens with zero attached hydrogens (tertiary/aromatic N) is 2. The van der Waals surface area contributed by atoms with Crippen LogP contribution in [-0.2, 0) is 16.1 Å². The van der Waals surface area contributed by atoms with Crippen molar-refractivity contribution in [3.63, 3.8) is 0 Å². The Kier molecular flexibility index (Phi) is 5.30. The van der Waals surface area contributed by atoms with Gasteiger partial charge in [-0.2, -0.15) is 0 Å². The summed E-state index contributed by atoms with van der Waals surface area (Å²) in [7, 11) is 0. The Morgan fingerprint density at radius 2 is 1.76 bits per heavy atom. The highest BCUT2D eigenvalue weighted by Gasteiger charge is 2.36. The number of fused-ring (bicyclic) bond motifs is 1. The van der Waals surface area contributed by atoms with Crippen molar-refractivity contribution >= 4 is 40.5 Å². The first kappa shape index (κ1) is 21.3. The van der Waals surface area contributed by atoms with Crippen LogP contribution < -0.4 is 10.2 Å². The van der Waals surface area contributed by atoms with E-state index >= 15 is 0 Å². The first-order valence-electron chi connectivity index (χ1n) is 10.7. The monoisotopic (exact) mass is 453 g/mol. The summed E-state index contributed by atoms with van der Waals surface area (Å²) < 4.78 is 15.5. The Bertz CT molecular complexity index is 1500. The largest absolute Gasteiger partial charge is 0.343 e. The Morgan fingerprint density at radius 3 is 2.56 bits per heavy atom. The summed E-state index contributed by atoms with van der Waals surface area (Å²) in [4.78, 5) is 38.9. The van der Waals surface area contributed by atoms with E-state index in [1.54, 1.807) is 30.3 Å². The first-order chi connectivity index (χ1) is 16.4. The number of imide groups is 2. The minimum atomic E-state index is -0.775. The van der Waals surface area contributed by atoms with Crippen molar-refractivity contribution in [3.05, 3.63) is 107 Å². The summed E-state index contributed by atoms with van der Waals surface area (Å²) >= 11 is 0. The number of carbonyl (C=O) groups is 3. The third-order valence-electron chi connectivity index (χ3n) is 5.71. The second kappa shape index (κ2) is 8.44. The van der Waals surface area contributed by atoms with E-state index in [2.05, 4.69) is 5.32 Å². The number of carbonyl (C=O) groups excluding carboxylic acids is 3. The first-order valence-corrected chi connectivity index (χ1v) is 10.7. The van der Waals surface area contributed by atoms with E-state index in [1.807, 2.05) is 48.0 Å². The minimum Gasteiger partial charge on any atom is -0.343 e. The molecule has 34 heavy (non-hydrogen) atoms. The Balaban J connectivity index is 1.46. The molecule has 2 heterocycles. The maximum absolute atomic E-state index is 13.5. The maximum atomic E-state index is 13.5. The molecule has 4 amide bonds. The van der Waals surface area contributed by atoms with Crippen molar-refractivity contribution in [1.82, 2.24) is 9.88 Å². The minimum absolute atomic E-state index is 0.125. The predicted octanol–water partition coefficient (Wildman–Crippen LogP) is 4.80. The van der Waals surface area contributed by atoms with Crippen LogP contribution in [-0.4, -0.2) is 22.4 Å². The average Bonchev–Trinajstić information content (AvgIpc) is 3.18. The van der Waals surface area contributed by atoms with Crippen LogP contribution in [0.4, 0.5) is 14.9 Å². The third-order valence-corrected chi connectivity index (χ3v) is 5.71. The lowest BCUT2D eigenvalue weighted by atomic mass is 10.1. The molecule has 1 N–H and O–H groups in total. The summed E-state index contributed by atoms with van der Waals surface area (Å²) in [6, 6.07) is 20.1. The van der Waals surface area contributed by atoms with E-state index in [0.29, 0.717) is 17.8 Å². The molecule has 0 bridgehead atoms. The van der Waals surface area contributed by atoms with Crippen LogP contribution >= 0.6 is 0 Å². The number of nitrogens with one attached hydrogen (secondary N) is 1. The third kappa shape index (κ3) is 3.99. The fourth-order valence-corrected chi connectivity index (χ4v) is 4.10. The van der Waals surface area contributed by atoms with Gasteiger partial charge >= 0.3 is 6.03 Å². The van der Waals surface area contributed by atoms with Gasteiger partial charge in [-0.15, -0.1) is 0 Å². The van der Waals surface area contributed by atoms with Gasteiger partial charge < -0.3 is 4.57 Å². The van der Waals surface area contributed by atoms with Gasteiger partial charge in [-0.05, 0) is 72.2 Å². The number of urea groups is 1. The van der Waals surface area contributed by atoms with Crippen molar-refractivity contribution in [2.75, 3.05) is 4.90 Å². The molecule has 0 saturated carbocycles. The van der Waals surface area contributed by atoms with Gasteiger partial charge in [0.15, 0.2) is 0 Å². The molecule has 1 aliphatic rings. The standard InChI is InChI=1S/C27H20FN3O3/c1-17-4-2-7-22(12-17)31-26(33)23(25(32)29-27(31)34)15-18-8-9-24-20(13-18)10-11-30(24)16-19-5-3-6-21(28)14-19/h2-15H,16H2,1H3,(H,29,32,34)/b23-15-. The molecule has 1 aliphatic heterocycles. The van der Waals surface area contributed by atoms with E-state index in [9.17, 15) is 18.8 Å². The molecule has 0 aliphatic carbocycles. The molecular formula is C27H20FN3O3. The number of barbiturate groups is 1.